The van der Waals surface area contributed by atoms with Gasteiger partial charge in [0.05, 0.1) is 11.6 Å². The van der Waals surface area contributed by atoms with Gasteiger partial charge in [-0.1, -0.05) is 23.7 Å². The van der Waals surface area contributed by atoms with E-state index in [4.69, 9.17) is 16.9 Å². The first-order chi connectivity index (χ1) is 10.1. The third-order valence-electron chi connectivity index (χ3n) is 3.08. The first-order valence-electron chi connectivity index (χ1n) is 6.42. The molecular weight excluding hydrogens is 286 g/mol. The summed E-state index contributed by atoms with van der Waals surface area (Å²) in [4.78, 5) is 23.9. The Morgan fingerprint density at radius 2 is 1.29 bits per heavy atom. The van der Waals surface area contributed by atoms with E-state index < -0.39 is 0 Å². The molecule has 0 N–H and O–H groups in total. The van der Waals surface area contributed by atoms with Crippen LogP contribution in [-0.2, 0) is 0 Å². The maximum absolute atomic E-state index is 12.0. The van der Waals surface area contributed by atoms with Gasteiger partial charge in [0.15, 0.2) is 11.6 Å². The molecule has 4 heteroatoms. The fourth-order valence-corrected chi connectivity index (χ4v) is 2.01. The number of hydrogen-bond acceptors (Lipinski definition) is 3. The lowest BCUT2D eigenvalue weighted by Gasteiger charge is -2.02. The fourth-order valence-electron chi connectivity index (χ4n) is 1.88. The number of rotatable bonds is 5. The van der Waals surface area contributed by atoms with Crippen LogP contribution in [0.25, 0.3) is 0 Å². The number of hydrogen-bond donors (Lipinski definition) is 0. The molecule has 0 spiro atoms. The van der Waals surface area contributed by atoms with Crippen LogP contribution in [0.4, 0.5) is 0 Å². The van der Waals surface area contributed by atoms with Crippen molar-refractivity contribution in [2.75, 3.05) is 0 Å². The van der Waals surface area contributed by atoms with Crippen LogP contribution < -0.4 is 0 Å². The summed E-state index contributed by atoms with van der Waals surface area (Å²) < 4.78 is 0. The van der Waals surface area contributed by atoms with Crippen molar-refractivity contribution in [3.63, 3.8) is 0 Å². The van der Waals surface area contributed by atoms with E-state index in [2.05, 4.69) is 0 Å². The number of nitrogens with zero attached hydrogens (tertiary/aromatic N) is 1. The van der Waals surface area contributed by atoms with Gasteiger partial charge in [0.1, 0.15) is 0 Å². The molecule has 2 aromatic carbocycles. The van der Waals surface area contributed by atoms with Gasteiger partial charge in [-0.15, -0.1) is 0 Å². The highest BCUT2D eigenvalue weighted by Crippen LogP contribution is 2.13. The number of ketones is 2. The van der Waals surface area contributed by atoms with Gasteiger partial charge in [0.25, 0.3) is 0 Å². The maximum atomic E-state index is 12.0. The van der Waals surface area contributed by atoms with Crippen molar-refractivity contribution in [3.8, 4) is 6.07 Å². The first-order valence-corrected chi connectivity index (χ1v) is 6.80. The van der Waals surface area contributed by atoms with Crippen LogP contribution in [-0.4, -0.2) is 11.6 Å². The van der Waals surface area contributed by atoms with Crippen LogP contribution in [0.3, 0.4) is 0 Å². The monoisotopic (exact) mass is 297 g/mol. The van der Waals surface area contributed by atoms with Gasteiger partial charge in [-0.25, -0.2) is 0 Å². The van der Waals surface area contributed by atoms with E-state index in [1.165, 1.54) is 0 Å². The van der Waals surface area contributed by atoms with Gasteiger partial charge in [-0.05, 0) is 36.4 Å². The first kappa shape index (κ1) is 15.0. The second-order valence-electron chi connectivity index (χ2n) is 4.54. The predicted molar refractivity (Wildman–Crippen MR) is 80.5 cm³/mol. The molecule has 0 amide bonds. The highest BCUT2D eigenvalue weighted by Gasteiger charge is 2.11. The molecule has 0 aliphatic carbocycles. The summed E-state index contributed by atoms with van der Waals surface area (Å²) in [5, 5.41) is 9.27. The van der Waals surface area contributed by atoms with Gasteiger partial charge in [0.2, 0.25) is 0 Å². The molecule has 0 radical (unpaired) electrons. The second kappa shape index (κ2) is 6.83. The van der Waals surface area contributed by atoms with Gasteiger partial charge >= 0.3 is 0 Å². The highest BCUT2D eigenvalue weighted by atomic mass is 35.5. The Kier molecular flexibility index (Phi) is 4.86. The minimum Gasteiger partial charge on any atom is -0.294 e. The molecule has 0 atom stereocenters. The minimum absolute atomic E-state index is 0.0892. The van der Waals surface area contributed by atoms with E-state index in [0.717, 1.165) is 0 Å². The van der Waals surface area contributed by atoms with Crippen molar-refractivity contribution in [2.24, 2.45) is 0 Å². The largest absolute Gasteiger partial charge is 0.294 e. The Balaban J connectivity index is 1.95. The van der Waals surface area contributed by atoms with E-state index in [9.17, 15) is 9.59 Å². The fraction of sp³-hybridized carbons (Fsp3) is 0.118. The van der Waals surface area contributed by atoms with Gasteiger partial charge in [-0.2, -0.15) is 5.26 Å². The lowest BCUT2D eigenvalue weighted by atomic mass is 10.0. The number of nitriles is 1. The van der Waals surface area contributed by atoms with Crippen molar-refractivity contribution in [2.45, 2.75) is 12.8 Å². The molecule has 0 saturated carbocycles. The SMILES string of the molecule is N#Cc1ccc(C(=O)CCC(=O)c2ccc(Cl)cc2)cc1. The second-order valence-corrected chi connectivity index (χ2v) is 4.98. The molecule has 21 heavy (non-hydrogen) atoms. The minimum atomic E-state index is -0.109. The number of halogens is 1. The summed E-state index contributed by atoms with van der Waals surface area (Å²) in [5.74, 6) is -0.199. The Bertz CT molecular complexity index is 697. The quantitative estimate of drug-likeness (QED) is 0.782. The number of carbonyl (C=O) groups excluding carboxylic acids is 2. The zero-order valence-electron chi connectivity index (χ0n) is 11.2. The summed E-state index contributed by atoms with van der Waals surface area (Å²) in [6.45, 7) is 0. The molecule has 0 bridgehead atoms. The topological polar surface area (TPSA) is 57.9 Å². The molecule has 0 aliphatic rings. The maximum Gasteiger partial charge on any atom is 0.163 e. The molecule has 0 heterocycles. The zero-order valence-corrected chi connectivity index (χ0v) is 11.9. The predicted octanol–water partition coefficient (Wildman–Crippen LogP) is 4.06. The Hall–Kier alpha value is -2.44. The zero-order chi connectivity index (χ0) is 15.2. The number of carbonyl (C=O) groups is 2. The Morgan fingerprint density at radius 1 is 0.857 bits per heavy atom. The third kappa shape index (κ3) is 4.01. The smallest absolute Gasteiger partial charge is 0.163 e. The van der Waals surface area contributed by atoms with Crippen molar-refractivity contribution in [3.05, 3.63) is 70.2 Å². The lowest BCUT2D eigenvalue weighted by Crippen LogP contribution is -2.05. The van der Waals surface area contributed by atoms with Crippen LogP contribution in [0.1, 0.15) is 39.1 Å². The molecule has 0 saturated heterocycles. The standard InChI is InChI=1S/C17H12ClNO2/c18-15-7-5-14(6-8-15)17(21)10-9-16(20)13-3-1-12(11-19)2-4-13/h1-8H,9-10H2. The molecular formula is C17H12ClNO2. The lowest BCUT2D eigenvalue weighted by molar-refractivity contribution is 0.0917. The average Bonchev–Trinajstić information content (AvgIpc) is 2.53. The van der Waals surface area contributed by atoms with E-state index in [0.29, 0.717) is 21.7 Å². The van der Waals surface area contributed by atoms with Crippen molar-refractivity contribution in [1.82, 2.24) is 0 Å². The van der Waals surface area contributed by atoms with E-state index in [1.807, 2.05) is 6.07 Å². The molecule has 0 aromatic heterocycles. The normalized spacial score (nSPS) is 9.90. The summed E-state index contributed by atoms with van der Waals surface area (Å²) in [7, 11) is 0. The van der Waals surface area contributed by atoms with Crippen LogP contribution in [0.15, 0.2) is 48.5 Å². The Labute approximate surface area is 127 Å². The average molecular weight is 298 g/mol. The van der Waals surface area contributed by atoms with Gasteiger partial charge in [0, 0.05) is 29.0 Å². The highest BCUT2D eigenvalue weighted by molar-refractivity contribution is 6.30. The van der Waals surface area contributed by atoms with Crippen molar-refractivity contribution in [1.29, 1.82) is 5.26 Å². The number of benzene rings is 2. The van der Waals surface area contributed by atoms with Crippen molar-refractivity contribution < 1.29 is 9.59 Å². The van der Waals surface area contributed by atoms with Gasteiger partial charge < -0.3 is 0 Å². The van der Waals surface area contributed by atoms with E-state index >= 15 is 0 Å². The Morgan fingerprint density at radius 3 is 1.71 bits per heavy atom. The van der Waals surface area contributed by atoms with Crippen LogP contribution in [0.5, 0.6) is 0 Å². The van der Waals surface area contributed by atoms with Crippen molar-refractivity contribution >= 4 is 23.2 Å². The molecule has 0 fully saturated rings. The van der Waals surface area contributed by atoms with E-state index in [-0.39, 0.29) is 24.4 Å². The molecule has 0 unspecified atom stereocenters. The molecule has 104 valence electrons. The van der Waals surface area contributed by atoms with Gasteiger partial charge in [-0.3, -0.25) is 9.59 Å². The summed E-state index contributed by atoms with van der Waals surface area (Å²) in [5.41, 5.74) is 1.56. The number of Topliss-reactive ketones (excluding diaryl/α,β-unsaturated/α-hetero) is 2. The molecule has 0 aliphatic heterocycles. The van der Waals surface area contributed by atoms with Crippen LogP contribution in [0.2, 0.25) is 5.02 Å². The van der Waals surface area contributed by atoms with Crippen LogP contribution >= 0.6 is 11.6 Å². The molecule has 3 nitrogen and oxygen atoms in total. The summed E-state index contributed by atoms with van der Waals surface area (Å²) in [6, 6.07) is 15.0. The third-order valence-corrected chi connectivity index (χ3v) is 3.33. The molecule has 2 aromatic rings. The summed E-state index contributed by atoms with van der Waals surface area (Å²) >= 11 is 5.76. The molecule has 2 rings (SSSR count). The van der Waals surface area contributed by atoms with E-state index in [1.54, 1.807) is 48.5 Å². The summed E-state index contributed by atoms with van der Waals surface area (Å²) in [6.07, 6.45) is 0.299. The van der Waals surface area contributed by atoms with Crippen LogP contribution in [0, 0.1) is 11.3 Å².